The lowest BCUT2D eigenvalue weighted by molar-refractivity contribution is -0.338. The summed E-state index contributed by atoms with van der Waals surface area (Å²) in [7, 11) is 0. The summed E-state index contributed by atoms with van der Waals surface area (Å²) in [5, 5.41) is 0. The Morgan fingerprint density at radius 1 is 0.960 bits per heavy atom. The third-order valence-corrected chi connectivity index (χ3v) is 4.30. The van der Waals surface area contributed by atoms with Crippen LogP contribution in [0.15, 0.2) is 48.7 Å². The number of ether oxygens (including phenoxy) is 1. The van der Waals surface area contributed by atoms with Crippen molar-refractivity contribution in [2.24, 2.45) is 0 Å². The van der Waals surface area contributed by atoms with Gasteiger partial charge >= 0.3 is 18.0 Å². The largest absolute Gasteiger partial charge is 0.464 e. The Morgan fingerprint density at radius 2 is 1.64 bits per heavy atom. The number of nitrogens with zero attached hydrogens (tertiary/aromatic N) is 1. The minimum absolute atomic E-state index is 0.00748. The molecule has 0 saturated carbocycles. The van der Waals surface area contributed by atoms with Gasteiger partial charge < -0.3 is 4.74 Å². The molecule has 9 heteroatoms. The highest BCUT2D eigenvalue weighted by molar-refractivity contribution is 14.1. The van der Waals surface area contributed by atoms with E-state index >= 15 is 0 Å². The number of halogens is 7. The van der Waals surface area contributed by atoms with Crippen LogP contribution < -0.4 is 4.74 Å². The van der Waals surface area contributed by atoms with Crippen molar-refractivity contribution in [1.82, 2.24) is 4.98 Å². The Morgan fingerprint density at radius 3 is 2.20 bits per heavy atom. The first-order chi connectivity index (χ1) is 11.6. The quantitative estimate of drug-likeness (QED) is 0.412. The maximum atomic E-state index is 13.4. The van der Waals surface area contributed by atoms with Gasteiger partial charge in [-0.05, 0) is 59.0 Å². The summed E-state index contributed by atoms with van der Waals surface area (Å²) in [5.74, 6) is -0.502. The van der Waals surface area contributed by atoms with E-state index < -0.39 is 23.7 Å². The van der Waals surface area contributed by atoms with Gasteiger partial charge in [-0.2, -0.15) is 26.3 Å². The molecule has 3 rings (SSSR count). The maximum absolute atomic E-state index is 13.4. The molecule has 0 aliphatic carbocycles. The fraction of sp³-hybridized carbons (Fsp3) is 0.188. The minimum atomic E-state index is -5.70. The van der Waals surface area contributed by atoms with E-state index in [9.17, 15) is 26.3 Å². The molecular formula is C16H8F6INO. The molecule has 0 fully saturated rings. The van der Waals surface area contributed by atoms with Gasteiger partial charge in [0.25, 0.3) is 0 Å². The average Bonchev–Trinajstić information content (AvgIpc) is 2.52. The topological polar surface area (TPSA) is 22.1 Å². The monoisotopic (exact) mass is 471 g/mol. The van der Waals surface area contributed by atoms with Crippen LogP contribution in [0, 0.1) is 3.57 Å². The molecule has 0 bridgehead atoms. The van der Waals surface area contributed by atoms with Crippen LogP contribution in [0.2, 0.25) is 0 Å². The molecule has 0 N–H and O–H groups in total. The van der Waals surface area contributed by atoms with Crippen LogP contribution in [-0.2, 0) is 0 Å². The van der Waals surface area contributed by atoms with Gasteiger partial charge in [-0.3, -0.25) is 4.98 Å². The Labute approximate surface area is 151 Å². The van der Waals surface area contributed by atoms with Crippen LogP contribution in [0.3, 0.4) is 0 Å². The fourth-order valence-electron chi connectivity index (χ4n) is 2.46. The lowest BCUT2D eigenvalue weighted by atomic mass is 9.89. The molecule has 2 heterocycles. The summed E-state index contributed by atoms with van der Waals surface area (Å²) < 4.78 is 85.8. The molecule has 0 radical (unpaired) electrons. The minimum Gasteiger partial charge on any atom is -0.464 e. The van der Waals surface area contributed by atoms with Crippen molar-refractivity contribution in [3.05, 3.63) is 63.5 Å². The van der Waals surface area contributed by atoms with E-state index in [1.54, 1.807) is 0 Å². The molecule has 25 heavy (non-hydrogen) atoms. The van der Waals surface area contributed by atoms with E-state index in [2.05, 4.69) is 9.72 Å². The summed E-state index contributed by atoms with van der Waals surface area (Å²) in [5.41, 5.74) is -4.61. The Bertz CT molecular complexity index is 815. The van der Waals surface area contributed by atoms with Crippen molar-refractivity contribution in [2.75, 3.05) is 0 Å². The predicted molar refractivity (Wildman–Crippen MR) is 85.9 cm³/mol. The lowest BCUT2D eigenvalue weighted by Crippen LogP contribution is -2.60. The molecule has 1 aromatic carbocycles. The average molecular weight is 471 g/mol. The smallest absolute Gasteiger partial charge is 0.441 e. The number of hydrogen-bond donors (Lipinski definition) is 0. The second-order valence-electron chi connectivity index (χ2n) is 5.25. The lowest BCUT2D eigenvalue weighted by Gasteiger charge is -2.39. The highest BCUT2D eigenvalue weighted by Gasteiger charge is 2.73. The first-order valence-electron chi connectivity index (χ1n) is 6.82. The van der Waals surface area contributed by atoms with Crippen molar-refractivity contribution < 1.29 is 31.1 Å². The summed E-state index contributed by atoms with van der Waals surface area (Å²) in [6.45, 7) is 0. The van der Waals surface area contributed by atoms with E-state index in [1.165, 1.54) is 36.5 Å². The third kappa shape index (κ3) is 2.98. The molecule has 0 spiro atoms. The molecule has 1 aliphatic rings. The molecule has 1 aliphatic heterocycles. The molecule has 0 unspecified atom stereocenters. The number of rotatable bonds is 1. The highest BCUT2D eigenvalue weighted by Crippen LogP contribution is 2.52. The molecule has 132 valence electrons. The van der Waals surface area contributed by atoms with Crippen LogP contribution in [0.1, 0.15) is 11.3 Å². The van der Waals surface area contributed by atoms with Crippen molar-refractivity contribution in [3.63, 3.8) is 0 Å². The number of benzene rings is 1. The summed E-state index contributed by atoms with van der Waals surface area (Å²) >= 11 is 1.91. The third-order valence-electron chi connectivity index (χ3n) is 3.63. The van der Waals surface area contributed by atoms with Crippen molar-refractivity contribution >= 4 is 28.2 Å². The highest BCUT2D eigenvalue weighted by atomic mass is 127. The van der Waals surface area contributed by atoms with E-state index in [0.29, 0.717) is 3.57 Å². The summed E-state index contributed by atoms with van der Waals surface area (Å²) in [6.07, 6.45) is -10.0. The predicted octanol–water partition coefficient (Wildman–Crippen LogP) is 5.37. The SMILES string of the molecule is FC(F)(F)C1(C(F)(F)F)C=C(c2ccccn2)c2cc(I)ccc2O1. The van der Waals surface area contributed by atoms with Gasteiger partial charge in [0, 0.05) is 20.9 Å². The standard InChI is InChI=1S/C16H8F6INO/c17-15(18,19)14(16(20,21)22)8-11(12-3-1-2-6-24-12)10-7-9(23)4-5-13(10)25-14/h1-8H. The van der Waals surface area contributed by atoms with Gasteiger partial charge in [0.05, 0.1) is 5.69 Å². The van der Waals surface area contributed by atoms with Crippen LogP contribution in [-0.4, -0.2) is 22.9 Å². The van der Waals surface area contributed by atoms with Crippen LogP contribution in [0.4, 0.5) is 26.3 Å². The number of alkyl halides is 6. The maximum Gasteiger partial charge on any atom is 0.441 e. The van der Waals surface area contributed by atoms with Gasteiger partial charge in [-0.15, -0.1) is 0 Å². The van der Waals surface area contributed by atoms with E-state index in [-0.39, 0.29) is 22.9 Å². The van der Waals surface area contributed by atoms with Gasteiger partial charge in [-0.25, -0.2) is 0 Å². The molecule has 0 atom stereocenters. The number of pyridine rings is 1. The van der Waals surface area contributed by atoms with Crippen molar-refractivity contribution in [1.29, 1.82) is 0 Å². The van der Waals surface area contributed by atoms with Crippen LogP contribution >= 0.6 is 22.6 Å². The van der Waals surface area contributed by atoms with Gasteiger partial charge in [0.15, 0.2) is 0 Å². The van der Waals surface area contributed by atoms with Gasteiger partial charge in [0.1, 0.15) is 5.75 Å². The molecule has 0 saturated heterocycles. The molecule has 2 aromatic rings. The van der Waals surface area contributed by atoms with E-state index in [0.717, 1.165) is 6.07 Å². The molecule has 1 aromatic heterocycles. The Balaban J connectivity index is 2.34. The number of fused-ring (bicyclic) bond motifs is 1. The van der Waals surface area contributed by atoms with Crippen LogP contribution in [0.5, 0.6) is 5.75 Å². The number of hydrogen-bond acceptors (Lipinski definition) is 2. The first kappa shape index (κ1) is 18.0. The summed E-state index contributed by atoms with van der Waals surface area (Å²) in [4.78, 5) is 3.90. The Hall–Kier alpha value is -1.78. The van der Waals surface area contributed by atoms with Gasteiger partial charge in [-0.1, -0.05) is 6.07 Å². The fourth-order valence-corrected chi connectivity index (χ4v) is 2.95. The molecule has 2 nitrogen and oxygen atoms in total. The zero-order valence-electron chi connectivity index (χ0n) is 12.1. The molecular weight excluding hydrogens is 463 g/mol. The van der Waals surface area contributed by atoms with Crippen molar-refractivity contribution in [2.45, 2.75) is 18.0 Å². The van der Waals surface area contributed by atoms with E-state index in [1.807, 2.05) is 22.6 Å². The summed E-state index contributed by atoms with van der Waals surface area (Å²) in [6, 6.07) is 8.26. The van der Waals surface area contributed by atoms with Crippen LogP contribution in [0.25, 0.3) is 5.57 Å². The van der Waals surface area contributed by atoms with Crippen molar-refractivity contribution in [3.8, 4) is 5.75 Å². The first-order valence-corrected chi connectivity index (χ1v) is 7.90. The Kier molecular flexibility index (Phi) is 4.25. The second kappa shape index (κ2) is 5.89. The number of aromatic nitrogens is 1. The molecule has 0 amide bonds. The zero-order valence-corrected chi connectivity index (χ0v) is 14.3. The normalized spacial score (nSPS) is 16.7. The second-order valence-corrected chi connectivity index (χ2v) is 6.49. The van der Waals surface area contributed by atoms with E-state index in [4.69, 9.17) is 0 Å². The van der Waals surface area contributed by atoms with Gasteiger partial charge in [0.2, 0.25) is 0 Å². The zero-order chi connectivity index (χ0) is 18.5.